The zero-order valence-corrected chi connectivity index (χ0v) is 28.0. The quantitative estimate of drug-likeness (QED) is 0.178. The van der Waals surface area contributed by atoms with Crippen LogP contribution in [0.4, 0.5) is 10.7 Å². The summed E-state index contributed by atoms with van der Waals surface area (Å²) < 4.78 is 24.0. The van der Waals surface area contributed by atoms with E-state index in [0.717, 1.165) is 37.1 Å². The molecule has 2 saturated heterocycles. The van der Waals surface area contributed by atoms with E-state index in [1.54, 1.807) is 13.8 Å². The van der Waals surface area contributed by atoms with Crippen LogP contribution in [0.3, 0.4) is 0 Å². The number of carbonyl (C=O) groups excluding carboxylic acids is 3. The number of imidazole rings is 1. The highest BCUT2D eigenvalue weighted by Crippen LogP contribution is 2.33. The molecule has 15 nitrogen and oxygen atoms in total. The van der Waals surface area contributed by atoms with E-state index >= 15 is 0 Å². The Hall–Kier alpha value is -4.78. The third kappa shape index (κ3) is 9.65. The Balaban J connectivity index is 1.18. The number of H-pyrrole nitrogens is 1. The maximum absolute atomic E-state index is 12.7. The van der Waals surface area contributed by atoms with E-state index in [9.17, 15) is 19.2 Å². The summed E-state index contributed by atoms with van der Waals surface area (Å²) in [5, 5.41) is 6.15. The van der Waals surface area contributed by atoms with Crippen LogP contribution in [-0.2, 0) is 35.1 Å². The number of nitrogens with zero attached hydrogens (tertiary/aromatic N) is 4. The maximum Gasteiger partial charge on any atom is 0.508 e. The Bertz CT molecular complexity index is 1710. The molecule has 2 fully saturated rings. The number of amides is 1. The fourth-order valence-corrected chi connectivity index (χ4v) is 5.86. The summed E-state index contributed by atoms with van der Waals surface area (Å²) in [4.78, 5) is 62.7. The number of piperidine rings is 1. The highest BCUT2D eigenvalue weighted by molar-refractivity contribution is 5.91. The number of carbonyl (C=O) groups is 3. The minimum Gasteiger partial charge on any atom is -0.459 e. The van der Waals surface area contributed by atoms with Crippen molar-refractivity contribution in [3.8, 4) is 12.3 Å². The molecule has 3 aromatic rings. The highest BCUT2D eigenvalue weighted by Gasteiger charge is 2.40. The summed E-state index contributed by atoms with van der Waals surface area (Å²) in [7, 11) is 0. The molecule has 4 atom stereocenters. The van der Waals surface area contributed by atoms with Crippen molar-refractivity contribution in [2.24, 2.45) is 5.92 Å². The summed E-state index contributed by atoms with van der Waals surface area (Å²) in [6.07, 6.45) is 7.23. The third-order valence-electron chi connectivity index (χ3n) is 8.42. The molecule has 1 amide bonds. The van der Waals surface area contributed by atoms with Crippen molar-refractivity contribution in [2.75, 3.05) is 38.2 Å². The van der Waals surface area contributed by atoms with Crippen LogP contribution < -0.4 is 16.2 Å². The molecule has 0 spiro atoms. The van der Waals surface area contributed by atoms with Crippen LogP contribution in [0.2, 0.25) is 0 Å². The van der Waals surface area contributed by atoms with Crippen LogP contribution in [0.1, 0.15) is 63.8 Å². The molecule has 5 rings (SSSR count). The van der Waals surface area contributed by atoms with E-state index in [1.807, 2.05) is 24.3 Å². The zero-order valence-electron chi connectivity index (χ0n) is 28.0. The lowest BCUT2D eigenvalue weighted by Gasteiger charge is -2.30. The number of aromatic amines is 1. The standard InChI is InChI=1S/C34H43N7O8/c1-5-23-9-11-24(12-10-23)17-40(18-25-8-6-7-13-35-25)14-15-46-34(45)47-19-27-26(48-22(4)42)16-28(49-27)41-20-36-29-30(41)37-33(39-32(29)44)38-31(43)21(2)3/h1,9-12,20-21,25-28,35H,6-8,13-19H2,2-4H3,(H2,37,38,39,43,44)/t25?,26?,27-,28-/m1/s1. The molecule has 0 saturated carbocycles. The molecule has 2 aliphatic heterocycles. The number of hydrogen-bond acceptors (Lipinski definition) is 12. The number of ether oxygens (including phenoxy) is 4. The summed E-state index contributed by atoms with van der Waals surface area (Å²) in [6, 6.07) is 8.18. The van der Waals surface area contributed by atoms with Crippen molar-refractivity contribution < 1.29 is 33.3 Å². The number of hydrogen-bond donors (Lipinski definition) is 3. The molecular weight excluding hydrogens is 634 g/mol. The van der Waals surface area contributed by atoms with E-state index < -0.39 is 36.1 Å². The topological polar surface area (TPSA) is 179 Å². The third-order valence-corrected chi connectivity index (χ3v) is 8.42. The molecule has 2 unspecified atom stereocenters. The number of nitrogens with one attached hydrogen (secondary N) is 3. The Labute approximate surface area is 284 Å². The lowest BCUT2D eigenvalue weighted by Crippen LogP contribution is -2.44. The van der Waals surface area contributed by atoms with Crippen molar-refractivity contribution in [1.29, 1.82) is 0 Å². The molecule has 0 aliphatic carbocycles. The van der Waals surface area contributed by atoms with Crippen LogP contribution >= 0.6 is 0 Å². The summed E-state index contributed by atoms with van der Waals surface area (Å²) >= 11 is 0. The van der Waals surface area contributed by atoms with Gasteiger partial charge in [0.15, 0.2) is 11.2 Å². The van der Waals surface area contributed by atoms with Gasteiger partial charge in [-0.3, -0.25) is 34.2 Å². The monoisotopic (exact) mass is 677 g/mol. The van der Waals surface area contributed by atoms with Gasteiger partial charge in [0, 0.05) is 50.5 Å². The van der Waals surface area contributed by atoms with E-state index in [0.29, 0.717) is 19.1 Å². The number of fused-ring (bicyclic) bond motifs is 1. The van der Waals surface area contributed by atoms with Crippen molar-refractivity contribution in [2.45, 2.75) is 77.5 Å². The molecule has 2 aromatic heterocycles. The van der Waals surface area contributed by atoms with Gasteiger partial charge in [0.25, 0.3) is 5.56 Å². The molecule has 15 heteroatoms. The second kappa shape index (κ2) is 16.6. The van der Waals surface area contributed by atoms with Gasteiger partial charge >= 0.3 is 12.1 Å². The first-order valence-electron chi connectivity index (χ1n) is 16.5. The molecule has 3 N–H and O–H groups in total. The molecule has 0 bridgehead atoms. The second-order valence-corrected chi connectivity index (χ2v) is 12.5. The van der Waals surface area contributed by atoms with Gasteiger partial charge in [0.1, 0.15) is 31.6 Å². The van der Waals surface area contributed by atoms with Gasteiger partial charge in [0.05, 0.1) is 6.33 Å². The minimum absolute atomic E-state index is 0.0366. The van der Waals surface area contributed by atoms with E-state index in [2.05, 4.69) is 36.4 Å². The fourth-order valence-electron chi connectivity index (χ4n) is 5.86. The van der Waals surface area contributed by atoms with Crippen molar-refractivity contribution in [3.63, 3.8) is 0 Å². The first-order chi connectivity index (χ1) is 23.6. The van der Waals surface area contributed by atoms with Crippen LogP contribution in [0.15, 0.2) is 35.4 Å². The van der Waals surface area contributed by atoms with E-state index in [-0.39, 0.29) is 48.6 Å². The minimum atomic E-state index is -0.880. The Morgan fingerprint density at radius 2 is 2.00 bits per heavy atom. The van der Waals surface area contributed by atoms with Gasteiger partial charge in [-0.05, 0) is 37.1 Å². The highest BCUT2D eigenvalue weighted by atomic mass is 16.7. The summed E-state index contributed by atoms with van der Waals surface area (Å²) in [6.45, 7) is 7.49. The maximum atomic E-state index is 12.7. The molecule has 4 heterocycles. The number of esters is 1. The first-order valence-corrected chi connectivity index (χ1v) is 16.5. The van der Waals surface area contributed by atoms with Gasteiger partial charge in [-0.25, -0.2) is 9.78 Å². The van der Waals surface area contributed by atoms with Gasteiger partial charge in [-0.1, -0.05) is 38.3 Å². The Morgan fingerprint density at radius 3 is 2.69 bits per heavy atom. The smallest absolute Gasteiger partial charge is 0.459 e. The number of rotatable bonds is 13. The zero-order chi connectivity index (χ0) is 34.9. The van der Waals surface area contributed by atoms with Crippen molar-refractivity contribution >= 4 is 35.1 Å². The SMILES string of the molecule is C#Cc1ccc(CN(CCOC(=O)OC[C@H]2O[C@@H](n3cnc4c(=O)[nH]c(NC(=O)C(C)C)nc43)CC2OC(C)=O)CC2CCCCN2)cc1. The molecule has 1 aromatic carbocycles. The Morgan fingerprint density at radius 1 is 1.20 bits per heavy atom. The van der Waals surface area contributed by atoms with Crippen molar-refractivity contribution in [3.05, 3.63) is 52.1 Å². The average Bonchev–Trinajstić information content (AvgIpc) is 3.68. The summed E-state index contributed by atoms with van der Waals surface area (Å²) in [5.74, 6) is 1.40. The average molecular weight is 678 g/mol. The Kier molecular flexibility index (Phi) is 12.0. The lowest BCUT2D eigenvalue weighted by atomic mass is 10.0. The van der Waals surface area contributed by atoms with Crippen LogP contribution in [0, 0.1) is 18.3 Å². The molecule has 2 aliphatic rings. The van der Waals surface area contributed by atoms with E-state index in [1.165, 1.54) is 24.2 Å². The predicted molar refractivity (Wildman–Crippen MR) is 178 cm³/mol. The van der Waals surface area contributed by atoms with Gasteiger partial charge in [-0.15, -0.1) is 6.42 Å². The number of anilines is 1. The predicted octanol–water partition coefficient (Wildman–Crippen LogP) is 2.71. The fraction of sp³-hybridized carbons (Fsp3) is 0.529. The van der Waals surface area contributed by atoms with Gasteiger partial charge < -0.3 is 24.3 Å². The summed E-state index contributed by atoms with van der Waals surface area (Å²) in [5.41, 5.74) is 1.57. The van der Waals surface area contributed by atoms with Gasteiger partial charge in [-0.2, -0.15) is 4.98 Å². The van der Waals surface area contributed by atoms with Crippen molar-refractivity contribution in [1.82, 2.24) is 29.7 Å². The molecule has 49 heavy (non-hydrogen) atoms. The lowest BCUT2D eigenvalue weighted by molar-refractivity contribution is -0.150. The van der Waals surface area contributed by atoms with Gasteiger partial charge in [0.2, 0.25) is 11.9 Å². The largest absolute Gasteiger partial charge is 0.508 e. The molecule has 0 radical (unpaired) electrons. The molecule has 262 valence electrons. The number of terminal acetylenes is 1. The number of benzene rings is 1. The first kappa shape index (κ1) is 35.5. The number of aromatic nitrogens is 4. The van der Waals surface area contributed by atoms with Crippen LogP contribution in [0.25, 0.3) is 11.2 Å². The van der Waals surface area contributed by atoms with Crippen LogP contribution in [-0.4, -0.2) is 93.5 Å². The molecular formula is C34H43N7O8. The second-order valence-electron chi connectivity index (χ2n) is 12.5. The van der Waals surface area contributed by atoms with E-state index in [4.69, 9.17) is 25.4 Å². The normalized spacial score (nSPS) is 20.7. The van der Waals surface area contributed by atoms with Crippen LogP contribution in [0.5, 0.6) is 0 Å².